The molecule has 2 N–H and O–H groups in total. The third-order valence-corrected chi connectivity index (χ3v) is 3.41. The maximum atomic E-state index is 11.8. The zero-order chi connectivity index (χ0) is 17.5. The van der Waals surface area contributed by atoms with Gasteiger partial charge in [0.25, 0.3) is 5.56 Å². The van der Waals surface area contributed by atoms with Crippen molar-refractivity contribution in [3.05, 3.63) is 46.4 Å². The number of hydrogen-bond acceptors (Lipinski definition) is 4. The van der Waals surface area contributed by atoms with Crippen molar-refractivity contribution in [2.75, 3.05) is 13.2 Å². The molecule has 1 amide bonds. The van der Waals surface area contributed by atoms with Crippen LogP contribution in [0.1, 0.15) is 29.6 Å². The Morgan fingerprint density at radius 1 is 1.21 bits per heavy atom. The number of carbonyl (C=O) groups excluding carboxylic acids is 1. The number of carboxylic acids is 1. The van der Waals surface area contributed by atoms with Crippen LogP contribution < -0.4 is 15.6 Å². The predicted molar refractivity (Wildman–Crippen MR) is 89.1 cm³/mol. The zero-order valence-corrected chi connectivity index (χ0v) is 13.0. The van der Waals surface area contributed by atoms with Gasteiger partial charge < -0.3 is 15.2 Å². The van der Waals surface area contributed by atoms with Gasteiger partial charge >= 0.3 is 5.97 Å². The highest BCUT2D eigenvalue weighted by Gasteiger charge is 2.07. The SMILES string of the molecule is [B]C(=O)NCCCCCOc1ccn2c(=O)cc(C(=O)O)cc2c1. The number of carbonyl (C=O) groups is 2. The number of pyridine rings is 2. The molecule has 8 heteroatoms. The van der Waals surface area contributed by atoms with Crippen LogP contribution in [0.2, 0.25) is 0 Å². The summed E-state index contributed by atoms with van der Waals surface area (Å²) in [7, 11) is 4.96. The molecule has 2 aromatic heterocycles. The van der Waals surface area contributed by atoms with Crippen molar-refractivity contribution in [2.45, 2.75) is 19.3 Å². The molecule has 2 radical (unpaired) electrons. The molecule has 0 aromatic carbocycles. The first-order valence-electron chi connectivity index (χ1n) is 7.53. The van der Waals surface area contributed by atoms with Gasteiger partial charge in [-0.2, -0.15) is 0 Å². The van der Waals surface area contributed by atoms with E-state index in [1.54, 1.807) is 18.3 Å². The van der Waals surface area contributed by atoms with Crippen LogP contribution in [0.5, 0.6) is 5.75 Å². The van der Waals surface area contributed by atoms with E-state index in [-0.39, 0.29) is 5.56 Å². The van der Waals surface area contributed by atoms with Gasteiger partial charge in [-0.15, -0.1) is 0 Å². The van der Waals surface area contributed by atoms with E-state index >= 15 is 0 Å². The van der Waals surface area contributed by atoms with Gasteiger partial charge in [0.15, 0.2) is 13.7 Å². The number of nitrogens with one attached hydrogen (secondary N) is 1. The first-order chi connectivity index (χ1) is 11.5. The van der Waals surface area contributed by atoms with Crippen LogP contribution in [-0.2, 0) is 0 Å². The van der Waals surface area contributed by atoms with Crippen LogP contribution in [0.4, 0.5) is 4.79 Å². The quantitative estimate of drug-likeness (QED) is 0.564. The minimum atomic E-state index is -1.15. The lowest BCUT2D eigenvalue weighted by atomic mass is 10.1. The Morgan fingerprint density at radius 2 is 2.00 bits per heavy atom. The second-order valence-corrected chi connectivity index (χ2v) is 5.24. The molecule has 124 valence electrons. The molecule has 2 rings (SSSR count). The van der Waals surface area contributed by atoms with Crippen LogP contribution in [0, 0.1) is 0 Å². The fraction of sp³-hybridized carbons (Fsp3) is 0.312. The molecule has 0 saturated carbocycles. The molecule has 0 aliphatic heterocycles. The van der Waals surface area contributed by atoms with Gasteiger partial charge in [0.1, 0.15) is 5.75 Å². The van der Waals surface area contributed by atoms with Crippen molar-refractivity contribution in [3.8, 4) is 5.75 Å². The molecule has 0 spiro atoms. The van der Waals surface area contributed by atoms with Crippen molar-refractivity contribution in [2.24, 2.45) is 0 Å². The van der Waals surface area contributed by atoms with Crippen LogP contribution >= 0.6 is 0 Å². The minimum Gasteiger partial charge on any atom is -0.493 e. The molecule has 0 fully saturated rings. The summed E-state index contributed by atoms with van der Waals surface area (Å²) in [6.07, 6.45) is 4.03. The maximum Gasteiger partial charge on any atom is 0.335 e. The lowest BCUT2D eigenvalue weighted by molar-refractivity contribution is 0.0696. The highest BCUT2D eigenvalue weighted by atomic mass is 16.5. The van der Waals surface area contributed by atoms with Crippen molar-refractivity contribution in [1.82, 2.24) is 9.72 Å². The molecule has 0 saturated heterocycles. The standard InChI is InChI=1S/C16H17BN2O5/c17-16(23)18-5-2-1-3-7-24-13-4-6-19-12(10-13)8-11(15(21)22)9-14(19)20/h4,6,8-10H,1-3,5,7H2,(H,18,23)(H,21,22). The first kappa shape index (κ1) is 17.6. The predicted octanol–water partition coefficient (Wildman–Crippen LogP) is 1.42. The van der Waals surface area contributed by atoms with E-state index in [0.717, 1.165) is 25.3 Å². The minimum absolute atomic E-state index is 0.0564. The van der Waals surface area contributed by atoms with Gasteiger partial charge in [-0.05, 0) is 31.4 Å². The summed E-state index contributed by atoms with van der Waals surface area (Å²) in [5.74, 6) is -1.11. The van der Waals surface area contributed by atoms with Crippen molar-refractivity contribution >= 4 is 25.1 Å². The van der Waals surface area contributed by atoms with Crippen molar-refractivity contribution in [1.29, 1.82) is 0 Å². The Kier molecular flexibility index (Phi) is 6.00. The van der Waals surface area contributed by atoms with E-state index in [2.05, 4.69) is 5.32 Å². The molecule has 0 aliphatic carbocycles. The third kappa shape index (κ3) is 4.87. The normalized spacial score (nSPS) is 10.5. The number of fused-ring (bicyclic) bond motifs is 1. The summed E-state index contributed by atoms with van der Waals surface area (Å²) in [4.78, 5) is 33.3. The van der Waals surface area contributed by atoms with Gasteiger partial charge in [-0.1, -0.05) is 0 Å². The summed E-state index contributed by atoms with van der Waals surface area (Å²) >= 11 is 0. The highest BCUT2D eigenvalue weighted by Crippen LogP contribution is 2.15. The van der Waals surface area contributed by atoms with Crippen LogP contribution in [0.25, 0.3) is 5.52 Å². The number of unbranched alkanes of at least 4 members (excludes halogenated alkanes) is 2. The molecule has 2 aromatic rings. The number of amides is 1. The Morgan fingerprint density at radius 3 is 2.71 bits per heavy atom. The number of rotatable bonds is 8. The fourth-order valence-electron chi connectivity index (χ4n) is 2.23. The molecule has 7 nitrogen and oxygen atoms in total. The smallest absolute Gasteiger partial charge is 0.335 e. The average molecular weight is 328 g/mol. The van der Waals surface area contributed by atoms with Crippen molar-refractivity contribution < 1.29 is 19.4 Å². The summed E-state index contributed by atoms with van der Waals surface area (Å²) in [5, 5.41) is 11.5. The fourth-order valence-corrected chi connectivity index (χ4v) is 2.23. The van der Waals surface area contributed by atoms with E-state index < -0.39 is 17.3 Å². The second-order valence-electron chi connectivity index (χ2n) is 5.24. The summed E-state index contributed by atoms with van der Waals surface area (Å²) in [5.41, 5.74) is 0.000519. The molecular weight excluding hydrogens is 311 g/mol. The molecule has 2 heterocycles. The Balaban J connectivity index is 1.92. The average Bonchev–Trinajstić information content (AvgIpc) is 2.53. The Labute approximate surface area is 139 Å². The maximum absolute atomic E-state index is 11.8. The van der Waals surface area contributed by atoms with Gasteiger partial charge in [-0.25, -0.2) is 4.79 Å². The topological polar surface area (TPSA) is 97.1 Å². The first-order valence-corrected chi connectivity index (χ1v) is 7.53. The summed E-state index contributed by atoms with van der Waals surface area (Å²) < 4.78 is 6.96. The molecular formula is C16H17BN2O5. The lowest BCUT2D eigenvalue weighted by Crippen LogP contribution is -2.22. The van der Waals surface area contributed by atoms with Gasteiger partial charge in [0.2, 0.25) is 0 Å². The largest absolute Gasteiger partial charge is 0.493 e. The molecule has 0 atom stereocenters. The van der Waals surface area contributed by atoms with Gasteiger partial charge in [-0.3, -0.25) is 14.0 Å². The molecule has 0 unspecified atom stereocenters. The van der Waals surface area contributed by atoms with Crippen LogP contribution in [-0.4, -0.2) is 42.3 Å². The number of nitrogens with zero attached hydrogens (tertiary/aromatic N) is 1. The Hall–Kier alpha value is -2.77. The van der Waals surface area contributed by atoms with Gasteiger partial charge in [0, 0.05) is 24.9 Å². The summed E-state index contributed by atoms with van der Waals surface area (Å²) in [6.45, 7) is 1.02. The third-order valence-electron chi connectivity index (χ3n) is 3.41. The molecule has 0 aliphatic rings. The summed E-state index contributed by atoms with van der Waals surface area (Å²) in [6, 6.07) is 5.79. The van der Waals surface area contributed by atoms with E-state index in [4.69, 9.17) is 17.7 Å². The number of aromatic nitrogens is 1. The van der Waals surface area contributed by atoms with E-state index in [0.29, 0.717) is 24.4 Å². The molecule has 0 bridgehead atoms. The van der Waals surface area contributed by atoms with Crippen LogP contribution in [0.15, 0.2) is 35.3 Å². The molecule has 24 heavy (non-hydrogen) atoms. The number of ether oxygens (including phenoxy) is 1. The highest BCUT2D eigenvalue weighted by molar-refractivity contribution is 6.57. The Bertz CT molecular complexity index is 803. The van der Waals surface area contributed by atoms with Crippen molar-refractivity contribution in [3.63, 3.8) is 0 Å². The lowest BCUT2D eigenvalue weighted by Gasteiger charge is -2.08. The number of carboxylic acid groups (broad SMARTS) is 1. The van der Waals surface area contributed by atoms with E-state index in [9.17, 15) is 14.4 Å². The van der Waals surface area contributed by atoms with Gasteiger partial charge in [0.05, 0.1) is 17.7 Å². The van der Waals surface area contributed by atoms with E-state index in [1.165, 1.54) is 10.5 Å². The zero-order valence-electron chi connectivity index (χ0n) is 13.0. The van der Waals surface area contributed by atoms with E-state index in [1.807, 2.05) is 0 Å². The van der Waals surface area contributed by atoms with Crippen LogP contribution in [0.3, 0.4) is 0 Å². The number of hydrogen-bond donors (Lipinski definition) is 2. The monoisotopic (exact) mass is 328 g/mol. The number of aromatic carboxylic acids is 1. The second kappa shape index (κ2) is 8.19.